The topological polar surface area (TPSA) is 11.4 Å². The van der Waals surface area contributed by atoms with Gasteiger partial charge in [0.15, 0.2) is 0 Å². The summed E-state index contributed by atoms with van der Waals surface area (Å²) in [6.07, 6.45) is 0. The zero-order valence-corrected chi connectivity index (χ0v) is 40.3. The highest BCUT2D eigenvalue weighted by molar-refractivity contribution is 6.11. The van der Waals surface area contributed by atoms with Gasteiger partial charge in [0.05, 0.1) is 27.6 Å². The van der Waals surface area contributed by atoms with Crippen LogP contribution in [0.25, 0.3) is 60.5 Å². The first kappa shape index (κ1) is 39.0. The van der Waals surface area contributed by atoms with Crippen molar-refractivity contribution in [1.82, 2.24) is 4.57 Å². The average molecular weight is 948 g/mol. The maximum atomic E-state index is 9.80. The molecule has 1 heterocycles. The van der Waals surface area contributed by atoms with Gasteiger partial charge in [-0.1, -0.05) is 212 Å². The van der Waals surface area contributed by atoms with Gasteiger partial charge >= 0.3 is 0 Å². The summed E-state index contributed by atoms with van der Waals surface area (Å²) in [7, 11) is 0. The Balaban J connectivity index is 1.03. The minimum Gasteiger partial charge on any atom is -0.311 e. The van der Waals surface area contributed by atoms with Gasteiger partial charge in [0.2, 0.25) is 0 Å². The molecule has 0 atom stereocenters. The van der Waals surface area contributed by atoms with E-state index in [0.717, 1.165) is 66.7 Å². The first-order valence-electron chi connectivity index (χ1n) is 27.2. The fourth-order valence-corrected chi connectivity index (χ4v) is 11.8. The lowest BCUT2D eigenvalue weighted by molar-refractivity contribution is 0.768. The zero-order chi connectivity index (χ0) is 52.5. The van der Waals surface area contributed by atoms with Crippen LogP contribution in [0.2, 0.25) is 0 Å². The maximum Gasteiger partial charge on any atom is 0.0714 e. The van der Waals surface area contributed by atoms with E-state index in [2.05, 4.69) is 198 Å². The number of fused-ring (bicyclic) bond motifs is 7. The summed E-state index contributed by atoms with van der Waals surface area (Å²) >= 11 is 0. The molecule has 3 nitrogen and oxygen atoms in total. The number of anilines is 6. The summed E-state index contributed by atoms with van der Waals surface area (Å²) in [6, 6.07) is 94.4. The molecule has 0 unspecified atom stereocenters. The molecule has 0 radical (unpaired) electrons. The normalized spacial score (nSPS) is 13.2. The van der Waals surface area contributed by atoms with Gasteiger partial charge in [-0.15, -0.1) is 0 Å². The Morgan fingerprint density at radius 3 is 1.53 bits per heavy atom. The summed E-state index contributed by atoms with van der Waals surface area (Å²) < 4.78 is 41.4. The molecule has 12 aromatic carbocycles. The standard InChI is InChI=1S/C71H49N3/c1-6-22-51(23-7-1)71(52-24-8-2-9-25-52)66-37-18-16-32-61(66)62-46-44-57(48-67(62)71)73(58-45-47-65-64-33-17-19-38-69(64)74(70(65)49-58)55-30-14-5-15-31-55)68-39-21-35-60-59(34-20-36-63(60)68)50-40-42-56(43-41-50)72(53-26-10-3-11-27-53)54-28-12-4-13-29-54/h1-49H/i40D,41D,42D,43D. The second-order valence-corrected chi connectivity index (χ2v) is 18.9. The van der Waals surface area contributed by atoms with E-state index in [1.54, 1.807) is 0 Å². The SMILES string of the molecule is [2H]c1c([2H])c(N(c2ccccc2)c2ccccc2)c([2H])c([2H])c1-c1cccc2c(N(c3ccc4c(c3)C(c3ccccc3)(c3ccccc3)c3ccccc3-4)c3ccc4c5ccccc5n(-c5ccccc5)c4c3)cccc12. The molecule has 0 spiro atoms. The van der Waals surface area contributed by atoms with Gasteiger partial charge in [-0.05, 0) is 135 Å². The highest BCUT2D eigenvalue weighted by Crippen LogP contribution is 2.57. The van der Waals surface area contributed by atoms with Crippen molar-refractivity contribution in [2.75, 3.05) is 9.80 Å². The lowest BCUT2D eigenvalue weighted by Gasteiger charge is -2.35. The molecule has 3 heteroatoms. The molecule has 14 rings (SSSR count). The van der Waals surface area contributed by atoms with Crippen molar-refractivity contribution in [3.63, 3.8) is 0 Å². The number of nitrogens with zero attached hydrogens (tertiary/aromatic N) is 3. The molecule has 1 aromatic heterocycles. The van der Waals surface area contributed by atoms with Crippen molar-refractivity contribution < 1.29 is 5.48 Å². The molecule has 0 amide bonds. The molecule has 348 valence electrons. The van der Waals surface area contributed by atoms with Gasteiger partial charge in [-0.25, -0.2) is 0 Å². The molecule has 0 saturated carbocycles. The Morgan fingerprint density at radius 1 is 0.311 bits per heavy atom. The van der Waals surface area contributed by atoms with Gasteiger partial charge < -0.3 is 14.4 Å². The Hall–Kier alpha value is -9.70. The van der Waals surface area contributed by atoms with Crippen LogP contribution in [-0.2, 0) is 5.41 Å². The van der Waals surface area contributed by atoms with Crippen molar-refractivity contribution in [3.8, 4) is 27.9 Å². The molecule has 0 fully saturated rings. The number of hydrogen-bond donors (Lipinski definition) is 0. The molecule has 0 bridgehead atoms. The molecule has 1 aliphatic carbocycles. The Labute approximate surface area is 437 Å². The van der Waals surface area contributed by atoms with E-state index in [1.165, 1.54) is 33.4 Å². The second kappa shape index (κ2) is 17.9. The van der Waals surface area contributed by atoms with E-state index in [1.807, 2.05) is 89.8 Å². The zero-order valence-electron chi connectivity index (χ0n) is 44.3. The predicted molar refractivity (Wildman–Crippen MR) is 310 cm³/mol. The van der Waals surface area contributed by atoms with Gasteiger partial charge in [0.25, 0.3) is 0 Å². The summed E-state index contributed by atoms with van der Waals surface area (Å²) in [4.78, 5) is 4.18. The third-order valence-corrected chi connectivity index (χ3v) is 14.9. The average Bonchev–Trinajstić information content (AvgIpc) is 4.20. The molecule has 0 saturated heterocycles. The Morgan fingerprint density at radius 2 is 0.824 bits per heavy atom. The summed E-state index contributed by atoms with van der Waals surface area (Å²) in [6.45, 7) is 0. The summed E-state index contributed by atoms with van der Waals surface area (Å²) in [5, 5.41) is 3.99. The van der Waals surface area contributed by atoms with E-state index in [-0.39, 0.29) is 35.4 Å². The number of rotatable bonds is 10. The number of benzene rings is 12. The Bertz CT molecular complexity index is 4320. The minimum absolute atomic E-state index is 0.117. The third-order valence-electron chi connectivity index (χ3n) is 14.9. The lowest BCUT2D eigenvalue weighted by Crippen LogP contribution is -2.28. The van der Waals surface area contributed by atoms with Gasteiger partial charge in [-0.2, -0.15) is 0 Å². The van der Waals surface area contributed by atoms with E-state index < -0.39 is 5.41 Å². The quantitative estimate of drug-likeness (QED) is 0.135. The van der Waals surface area contributed by atoms with Crippen LogP contribution in [0, 0.1) is 0 Å². The molecule has 13 aromatic rings. The first-order valence-corrected chi connectivity index (χ1v) is 25.2. The maximum absolute atomic E-state index is 9.80. The minimum atomic E-state index is -0.647. The number of para-hydroxylation sites is 4. The molecular weight excluding hydrogens is 895 g/mol. The van der Waals surface area contributed by atoms with Gasteiger partial charge in [0.1, 0.15) is 0 Å². The molecule has 0 aliphatic heterocycles. The Kier molecular flexibility index (Phi) is 9.41. The van der Waals surface area contributed by atoms with Crippen molar-refractivity contribution in [2.24, 2.45) is 0 Å². The van der Waals surface area contributed by atoms with Crippen molar-refractivity contribution in [3.05, 3.63) is 319 Å². The first-order chi connectivity index (χ1) is 38.4. The van der Waals surface area contributed by atoms with E-state index >= 15 is 0 Å². The van der Waals surface area contributed by atoms with Crippen molar-refractivity contribution in [1.29, 1.82) is 0 Å². The summed E-state index contributed by atoms with van der Waals surface area (Å²) in [5.41, 5.74) is 15.0. The van der Waals surface area contributed by atoms with Crippen LogP contribution < -0.4 is 9.80 Å². The largest absolute Gasteiger partial charge is 0.311 e. The van der Waals surface area contributed by atoms with Crippen molar-refractivity contribution >= 4 is 66.7 Å². The second-order valence-electron chi connectivity index (χ2n) is 18.9. The van der Waals surface area contributed by atoms with Crippen LogP contribution in [0.3, 0.4) is 0 Å². The summed E-state index contributed by atoms with van der Waals surface area (Å²) in [5.74, 6) is 0. The lowest BCUT2D eigenvalue weighted by atomic mass is 9.67. The third kappa shape index (κ3) is 6.89. The van der Waals surface area contributed by atoms with E-state index in [0.29, 0.717) is 5.56 Å². The molecule has 74 heavy (non-hydrogen) atoms. The highest BCUT2D eigenvalue weighted by Gasteiger charge is 2.46. The predicted octanol–water partition coefficient (Wildman–Crippen LogP) is 18.9. The molecular formula is C71H49N3. The fraction of sp³-hybridized carbons (Fsp3) is 0.0141. The van der Waals surface area contributed by atoms with Gasteiger partial charge in [-0.3, -0.25) is 0 Å². The highest BCUT2D eigenvalue weighted by atomic mass is 15.2. The number of aromatic nitrogens is 1. The van der Waals surface area contributed by atoms with Crippen molar-refractivity contribution in [2.45, 2.75) is 5.41 Å². The monoisotopic (exact) mass is 947 g/mol. The van der Waals surface area contributed by atoms with Gasteiger partial charge in [0, 0.05) is 50.3 Å². The fourth-order valence-electron chi connectivity index (χ4n) is 11.8. The number of hydrogen-bond acceptors (Lipinski definition) is 2. The van der Waals surface area contributed by atoms with Crippen LogP contribution in [0.1, 0.15) is 27.7 Å². The van der Waals surface area contributed by atoms with E-state index in [9.17, 15) is 5.48 Å². The smallest absolute Gasteiger partial charge is 0.0714 e. The van der Waals surface area contributed by atoms with Crippen LogP contribution in [0.4, 0.5) is 34.1 Å². The molecule has 1 aliphatic rings. The van der Waals surface area contributed by atoms with Crippen LogP contribution in [0.15, 0.2) is 297 Å². The molecule has 0 N–H and O–H groups in total. The van der Waals surface area contributed by atoms with E-state index in [4.69, 9.17) is 0 Å². The van der Waals surface area contributed by atoms with Crippen LogP contribution >= 0.6 is 0 Å². The van der Waals surface area contributed by atoms with Crippen LogP contribution in [0.5, 0.6) is 0 Å². The van der Waals surface area contributed by atoms with Crippen LogP contribution in [-0.4, -0.2) is 4.57 Å².